The van der Waals surface area contributed by atoms with Gasteiger partial charge in [-0.1, -0.05) is 47.7 Å². The van der Waals surface area contributed by atoms with Crippen molar-refractivity contribution in [2.45, 2.75) is 25.9 Å². The predicted molar refractivity (Wildman–Crippen MR) is 109 cm³/mol. The Kier molecular flexibility index (Phi) is 4.58. The maximum Gasteiger partial charge on any atom is 0.196 e. The van der Waals surface area contributed by atoms with Gasteiger partial charge in [-0.3, -0.25) is 9.36 Å². The Morgan fingerprint density at radius 1 is 1.15 bits per heavy atom. The Bertz CT molecular complexity index is 1140. The number of nitrogens with zero attached hydrogens (tertiary/aromatic N) is 3. The number of hydrogen-bond donors (Lipinski definition) is 1. The number of carbonyl (C=O) groups is 1. The lowest BCUT2D eigenvalue weighted by atomic mass is 10.1. The topological polar surface area (TPSA) is 63.6 Å². The second kappa shape index (κ2) is 7.04. The highest BCUT2D eigenvalue weighted by atomic mass is 32.2. The van der Waals surface area contributed by atoms with Crippen LogP contribution in [0.25, 0.3) is 16.6 Å². The molecule has 5 nitrogen and oxygen atoms in total. The molecule has 4 aromatic rings. The highest BCUT2D eigenvalue weighted by Crippen LogP contribution is 2.26. The summed E-state index contributed by atoms with van der Waals surface area (Å²) in [6, 6.07) is 14.1. The molecule has 0 saturated carbocycles. The molecule has 0 spiro atoms. The minimum Gasteiger partial charge on any atom is -0.358 e. The molecule has 1 N–H and O–H groups in total. The SMILES string of the molecule is Cc1ccc(-n2cnnc2SCC(=O)c2c(C)[nH]c3ccccc23)c(C)c1. The van der Waals surface area contributed by atoms with Crippen LogP contribution in [-0.2, 0) is 0 Å². The van der Waals surface area contributed by atoms with Crippen LogP contribution in [-0.4, -0.2) is 31.3 Å². The van der Waals surface area contributed by atoms with E-state index in [9.17, 15) is 4.79 Å². The molecular formula is C21H20N4OS. The summed E-state index contributed by atoms with van der Waals surface area (Å²) in [7, 11) is 0. The van der Waals surface area contributed by atoms with Gasteiger partial charge in [0.15, 0.2) is 10.9 Å². The third-order valence-electron chi connectivity index (χ3n) is 4.63. The van der Waals surface area contributed by atoms with E-state index < -0.39 is 0 Å². The number of para-hydroxylation sites is 1. The van der Waals surface area contributed by atoms with E-state index in [4.69, 9.17) is 0 Å². The molecule has 136 valence electrons. The highest BCUT2D eigenvalue weighted by molar-refractivity contribution is 7.99. The van der Waals surface area contributed by atoms with Crippen LogP contribution in [0.15, 0.2) is 53.9 Å². The van der Waals surface area contributed by atoms with Gasteiger partial charge in [-0.25, -0.2) is 0 Å². The molecule has 6 heteroatoms. The number of fused-ring (bicyclic) bond motifs is 1. The van der Waals surface area contributed by atoms with E-state index >= 15 is 0 Å². The fourth-order valence-electron chi connectivity index (χ4n) is 3.40. The standard InChI is InChI=1S/C21H20N4OS/c1-13-8-9-18(14(2)10-13)25-12-22-24-21(25)27-11-19(26)20-15(3)23-17-7-5-4-6-16(17)20/h4-10,12,23H,11H2,1-3H3. The monoisotopic (exact) mass is 376 g/mol. The molecular weight excluding hydrogens is 356 g/mol. The Hall–Kier alpha value is -2.86. The molecule has 0 saturated heterocycles. The van der Waals surface area contributed by atoms with E-state index in [0.29, 0.717) is 10.9 Å². The summed E-state index contributed by atoms with van der Waals surface area (Å²) in [4.78, 5) is 16.2. The number of aromatic nitrogens is 4. The van der Waals surface area contributed by atoms with E-state index in [1.54, 1.807) is 6.33 Å². The van der Waals surface area contributed by atoms with E-state index in [0.717, 1.165) is 33.4 Å². The number of thioether (sulfide) groups is 1. The number of Topliss-reactive ketones (excluding diaryl/α,β-unsaturated/α-hetero) is 1. The minimum atomic E-state index is 0.0881. The average Bonchev–Trinajstić information content (AvgIpc) is 3.23. The maximum atomic E-state index is 12.9. The first-order chi connectivity index (χ1) is 13.0. The summed E-state index contributed by atoms with van der Waals surface area (Å²) in [6.07, 6.45) is 1.70. The number of aryl methyl sites for hydroxylation is 3. The van der Waals surface area contributed by atoms with Crippen molar-refractivity contribution in [2.24, 2.45) is 0 Å². The zero-order chi connectivity index (χ0) is 19.0. The van der Waals surface area contributed by atoms with Gasteiger partial charge in [0, 0.05) is 22.2 Å². The second-order valence-electron chi connectivity index (χ2n) is 6.66. The van der Waals surface area contributed by atoms with E-state index in [1.807, 2.05) is 35.8 Å². The summed E-state index contributed by atoms with van der Waals surface area (Å²) in [5, 5.41) is 9.94. The fourth-order valence-corrected chi connectivity index (χ4v) is 4.20. The van der Waals surface area contributed by atoms with Crippen molar-refractivity contribution in [2.75, 3.05) is 5.75 Å². The highest BCUT2D eigenvalue weighted by Gasteiger charge is 2.18. The summed E-state index contributed by atoms with van der Waals surface area (Å²) in [6.45, 7) is 6.08. The lowest BCUT2D eigenvalue weighted by Gasteiger charge is -2.10. The Labute approximate surface area is 161 Å². The van der Waals surface area contributed by atoms with E-state index in [2.05, 4.69) is 47.2 Å². The molecule has 4 rings (SSSR count). The van der Waals surface area contributed by atoms with Crippen LogP contribution < -0.4 is 0 Å². The van der Waals surface area contributed by atoms with Crippen LogP contribution in [0.4, 0.5) is 0 Å². The van der Waals surface area contributed by atoms with Gasteiger partial charge >= 0.3 is 0 Å². The zero-order valence-electron chi connectivity index (χ0n) is 15.5. The number of benzene rings is 2. The number of aromatic amines is 1. The lowest BCUT2D eigenvalue weighted by molar-refractivity contribution is 0.102. The van der Waals surface area contributed by atoms with Gasteiger partial charge in [0.25, 0.3) is 0 Å². The normalized spacial score (nSPS) is 11.2. The molecule has 0 bridgehead atoms. The van der Waals surface area contributed by atoms with Crippen molar-refractivity contribution < 1.29 is 4.79 Å². The van der Waals surface area contributed by atoms with Crippen molar-refractivity contribution in [3.8, 4) is 5.69 Å². The molecule has 2 heterocycles. The first kappa shape index (κ1) is 17.5. The lowest BCUT2D eigenvalue weighted by Crippen LogP contribution is -2.05. The summed E-state index contributed by atoms with van der Waals surface area (Å²) < 4.78 is 1.94. The number of ketones is 1. The van der Waals surface area contributed by atoms with Gasteiger partial charge in [-0.15, -0.1) is 10.2 Å². The number of hydrogen-bond acceptors (Lipinski definition) is 4. The molecule has 0 aliphatic carbocycles. The maximum absolute atomic E-state index is 12.9. The van der Waals surface area contributed by atoms with Crippen molar-refractivity contribution in [3.63, 3.8) is 0 Å². The molecule has 0 radical (unpaired) electrons. The summed E-state index contributed by atoms with van der Waals surface area (Å²) in [5.41, 5.74) is 6.04. The smallest absolute Gasteiger partial charge is 0.196 e. The number of rotatable bonds is 5. The van der Waals surface area contributed by atoms with Crippen LogP contribution in [0.5, 0.6) is 0 Å². The molecule has 0 fully saturated rings. The van der Waals surface area contributed by atoms with Crippen LogP contribution in [0.2, 0.25) is 0 Å². The first-order valence-electron chi connectivity index (χ1n) is 8.75. The molecule has 0 unspecified atom stereocenters. The van der Waals surface area contributed by atoms with Crippen LogP contribution in [0.3, 0.4) is 0 Å². The van der Waals surface area contributed by atoms with E-state index in [1.165, 1.54) is 17.3 Å². The fraction of sp³-hybridized carbons (Fsp3) is 0.190. The van der Waals surface area contributed by atoms with Crippen LogP contribution in [0.1, 0.15) is 27.2 Å². The predicted octanol–water partition coefficient (Wildman–Crippen LogP) is 4.65. The van der Waals surface area contributed by atoms with Gasteiger partial charge in [-0.2, -0.15) is 0 Å². The Morgan fingerprint density at radius 2 is 1.96 bits per heavy atom. The largest absolute Gasteiger partial charge is 0.358 e. The Balaban J connectivity index is 1.59. The van der Waals surface area contributed by atoms with Gasteiger partial charge in [0.2, 0.25) is 0 Å². The van der Waals surface area contributed by atoms with Gasteiger partial charge < -0.3 is 4.98 Å². The van der Waals surface area contributed by atoms with Crippen molar-refractivity contribution in [1.29, 1.82) is 0 Å². The van der Waals surface area contributed by atoms with Crippen molar-refractivity contribution in [3.05, 3.63) is 71.2 Å². The van der Waals surface area contributed by atoms with Crippen LogP contribution in [0, 0.1) is 20.8 Å². The molecule has 2 aromatic heterocycles. The molecule has 0 amide bonds. The van der Waals surface area contributed by atoms with Crippen LogP contribution >= 0.6 is 11.8 Å². The van der Waals surface area contributed by atoms with E-state index in [-0.39, 0.29) is 5.78 Å². The zero-order valence-corrected chi connectivity index (χ0v) is 16.3. The second-order valence-corrected chi connectivity index (χ2v) is 7.60. The molecule has 0 aliphatic heterocycles. The third kappa shape index (κ3) is 3.28. The first-order valence-corrected chi connectivity index (χ1v) is 9.74. The van der Waals surface area contributed by atoms with Gasteiger partial charge in [0.05, 0.1) is 11.4 Å². The molecule has 27 heavy (non-hydrogen) atoms. The number of H-pyrrole nitrogens is 1. The third-order valence-corrected chi connectivity index (χ3v) is 5.58. The van der Waals surface area contributed by atoms with Gasteiger partial charge in [-0.05, 0) is 38.5 Å². The average molecular weight is 376 g/mol. The van der Waals surface area contributed by atoms with Crippen molar-refractivity contribution >= 4 is 28.4 Å². The van der Waals surface area contributed by atoms with Crippen molar-refractivity contribution in [1.82, 2.24) is 19.7 Å². The Morgan fingerprint density at radius 3 is 2.78 bits per heavy atom. The number of nitrogens with one attached hydrogen (secondary N) is 1. The number of carbonyl (C=O) groups excluding carboxylic acids is 1. The molecule has 0 atom stereocenters. The van der Waals surface area contributed by atoms with Gasteiger partial charge in [0.1, 0.15) is 6.33 Å². The summed E-state index contributed by atoms with van der Waals surface area (Å²) >= 11 is 1.41. The molecule has 2 aromatic carbocycles. The molecule has 0 aliphatic rings. The quantitative estimate of drug-likeness (QED) is 0.407. The minimum absolute atomic E-state index is 0.0881. The summed E-state index contributed by atoms with van der Waals surface area (Å²) in [5.74, 6) is 0.400.